The van der Waals surface area contributed by atoms with Crippen molar-refractivity contribution in [2.24, 2.45) is 0 Å². The Balaban J connectivity index is 1.54. The number of nitrogens with zero attached hydrogens (tertiary/aromatic N) is 3. The van der Waals surface area contributed by atoms with E-state index in [1.165, 1.54) is 0 Å². The van der Waals surface area contributed by atoms with Crippen LogP contribution in [0.4, 0.5) is 10.5 Å². The lowest BCUT2D eigenvalue weighted by Crippen LogP contribution is -2.42. The summed E-state index contributed by atoms with van der Waals surface area (Å²) in [7, 11) is 0. The standard InChI is InChI=1S/C18H26N4O3/c1-2-25-18(24)22-11-6-14(7-12-22)20-15-5-8-19-16(13-15)17(23)21-9-3-4-10-21/h5,8,13-14H,2-4,6-7,9-12H2,1H3,(H,19,20). The van der Waals surface area contributed by atoms with Gasteiger partial charge in [-0.25, -0.2) is 4.79 Å². The molecule has 7 heteroatoms. The molecule has 2 aliphatic rings. The van der Waals surface area contributed by atoms with E-state index in [-0.39, 0.29) is 18.0 Å². The van der Waals surface area contributed by atoms with Crippen LogP contribution in [-0.2, 0) is 4.74 Å². The molecule has 0 atom stereocenters. The van der Waals surface area contributed by atoms with E-state index in [9.17, 15) is 9.59 Å². The number of piperidine rings is 1. The van der Waals surface area contributed by atoms with Gasteiger partial charge in [0.05, 0.1) is 6.61 Å². The molecule has 0 saturated carbocycles. The highest BCUT2D eigenvalue weighted by Crippen LogP contribution is 2.19. The molecule has 136 valence electrons. The second kappa shape index (κ2) is 8.18. The zero-order chi connectivity index (χ0) is 17.6. The lowest BCUT2D eigenvalue weighted by atomic mass is 10.1. The van der Waals surface area contributed by atoms with Gasteiger partial charge in [0.2, 0.25) is 0 Å². The van der Waals surface area contributed by atoms with Crippen LogP contribution in [0, 0.1) is 0 Å². The third-order valence-electron chi connectivity index (χ3n) is 4.76. The van der Waals surface area contributed by atoms with Crippen molar-refractivity contribution in [2.45, 2.75) is 38.6 Å². The Morgan fingerprint density at radius 3 is 2.60 bits per heavy atom. The molecule has 2 saturated heterocycles. The predicted octanol–water partition coefficient (Wildman–Crippen LogP) is 2.35. The zero-order valence-corrected chi connectivity index (χ0v) is 14.7. The zero-order valence-electron chi connectivity index (χ0n) is 14.7. The SMILES string of the molecule is CCOC(=O)N1CCC(Nc2ccnc(C(=O)N3CCCC3)c2)CC1. The fourth-order valence-corrected chi connectivity index (χ4v) is 3.38. The van der Waals surface area contributed by atoms with Crippen molar-refractivity contribution in [3.63, 3.8) is 0 Å². The summed E-state index contributed by atoms with van der Waals surface area (Å²) in [6.07, 6.45) is 5.31. The molecule has 1 aromatic rings. The van der Waals surface area contributed by atoms with Crippen LogP contribution in [0.1, 0.15) is 43.1 Å². The minimum absolute atomic E-state index is 0.0123. The Kier molecular flexibility index (Phi) is 5.73. The summed E-state index contributed by atoms with van der Waals surface area (Å²) in [5.74, 6) is 0.0123. The average molecular weight is 346 g/mol. The van der Waals surface area contributed by atoms with Crippen molar-refractivity contribution < 1.29 is 14.3 Å². The van der Waals surface area contributed by atoms with E-state index in [1.807, 2.05) is 24.0 Å². The molecule has 0 spiro atoms. The molecule has 2 fully saturated rings. The van der Waals surface area contributed by atoms with E-state index >= 15 is 0 Å². The van der Waals surface area contributed by atoms with E-state index in [1.54, 1.807) is 11.1 Å². The van der Waals surface area contributed by atoms with Gasteiger partial charge < -0.3 is 19.9 Å². The van der Waals surface area contributed by atoms with E-state index in [0.29, 0.717) is 25.4 Å². The van der Waals surface area contributed by atoms with E-state index < -0.39 is 0 Å². The Labute approximate surface area is 148 Å². The number of nitrogens with one attached hydrogen (secondary N) is 1. The van der Waals surface area contributed by atoms with Gasteiger partial charge >= 0.3 is 6.09 Å². The second-order valence-electron chi connectivity index (χ2n) is 6.53. The summed E-state index contributed by atoms with van der Waals surface area (Å²) in [6, 6.07) is 4.00. The Bertz CT molecular complexity index is 608. The molecule has 25 heavy (non-hydrogen) atoms. The van der Waals surface area contributed by atoms with Crippen LogP contribution < -0.4 is 5.32 Å². The molecule has 3 heterocycles. The topological polar surface area (TPSA) is 74.8 Å². The molecule has 0 aromatic carbocycles. The molecule has 3 rings (SSSR count). The van der Waals surface area contributed by atoms with Crippen molar-refractivity contribution in [2.75, 3.05) is 38.1 Å². The first-order chi connectivity index (χ1) is 12.2. The number of amides is 2. The summed E-state index contributed by atoms with van der Waals surface area (Å²) < 4.78 is 5.04. The molecule has 0 unspecified atom stereocenters. The molecule has 1 aromatic heterocycles. The molecule has 2 amide bonds. The largest absolute Gasteiger partial charge is 0.450 e. The number of carbonyl (C=O) groups is 2. The number of hydrogen-bond donors (Lipinski definition) is 1. The van der Waals surface area contributed by atoms with Crippen LogP contribution in [0.5, 0.6) is 0 Å². The first-order valence-corrected chi connectivity index (χ1v) is 9.11. The van der Waals surface area contributed by atoms with Crippen LogP contribution in [-0.4, -0.2) is 65.6 Å². The number of hydrogen-bond acceptors (Lipinski definition) is 5. The molecule has 0 bridgehead atoms. The number of rotatable bonds is 4. The fraction of sp³-hybridized carbons (Fsp3) is 0.611. The highest BCUT2D eigenvalue weighted by atomic mass is 16.6. The van der Waals surface area contributed by atoms with Crippen molar-refractivity contribution in [3.05, 3.63) is 24.0 Å². The van der Waals surface area contributed by atoms with Gasteiger partial charge in [0, 0.05) is 44.1 Å². The monoisotopic (exact) mass is 346 g/mol. The molecule has 7 nitrogen and oxygen atoms in total. The number of anilines is 1. The maximum atomic E-state index is 12.4. The van der Waals surface area contributed by atoms with E-state index in [0.717, 1.165) is 44.5 Å². The first-order valence-electron chi connectivity index (χ1n) is 9.11. The van der Waals surface area contributed by atoms with Gasteiger partial charge in [0.15, 0.2) is 0 Å². The number of aromatic nitrogens is 1. The van der Waals surface area contributed by atoms with Gasteiger partial charge in [-0.15, -0.1) is 0 Å². The van der Waals surface area contributed by atoms with Gasteiger partial charge in [0.25, 0.3) is 5.91 Å². The van der Waals surface area contributed by atoms with Gasteiger partial charge in [-0.3, -0.25) is 9.78 Å². The molecule has 0 radical (unpaired) electrons. The maximum Gasteiger partial charge on any atom is 0.409 e. The number of pyridine rings is 1. The lowest BCUT2D eigenvalue weighted by molar-refractivity contribution is 0.0786. The molecular weight excluding hydrogens is 320 g/mol. The molecule has 1 N–H and O–H groups in total. The summed E-state index contributed by atoms with van der Waals surface area (Å²) in [5, 5.41) is 3.47. The number of ether oxygens (including phenoxy) is 1. The van der Waals surface area contributed by atoms with Crippen LogP contribution in [0.15, 0.2) is 18.3 Å². The quantitative estimate of drug-likeness (QED) is 0.906. The Morgan fingerprint density at radius 1 is 1.20 bits per heavy atom. The highest BCUT2D eigenvalue weighted by Gasteiger charge is 2.24. The van der Waals surface area contributed by atoms with Gasteiger partial charge in [-0.05, 0) is 44.7 Å². The van der Waals surface area contributed by atoms with Crippen molar-refractivity contribution in [1.82, 2.24) is 14.8 Å². The summed E-state index contributed by atoms with van der Waals surface area (Å²) in [6.45, 7) is 5.23. The van der Waals surface area contributed by atoms with Crippen LogP contribution in [0.2, 0.25) is 0 Å². The normalized spacial score (nSPS) is 18.3. The first kappa shape index (κ1) is 17.5. The summed E-state index contributed by atoms with van der Waals surface area (Å²) >= 11 is 0. The predicted molar refractivity (Wildman–Crippen MR) is 94.6 cm³/mol. The highest BCUT2D eigenvalue weighted by molar-refractivity contribution is 5.93. The minimum Gasteiger partial charge on any atom is -0.450 e. The van der Waals surface area contributed by atoms with Crippen molar-refractivity contribution >= 4 is 17.7 Å². The van der Waals surface area contributed by atoms with Gasteiger partial charge in [-0.1, -0.05) is 0 Å². The van der Waals surface area contributed by atoms with E-state index in [4.69, 9.17) is 4.74 Å². The number of likely N-dealkylation sites (tertiary alicyclic amines) is 2. The third-order valence-corrected chi connectivity index (χ3v) is 4.76. The number of carbonyl (C=O) groups excluding carboxylic acids is 2. The van der Waals surface area contributed by atoms with Crippen molar-refractivity contribution in [1.29, 1.82) is 0 Å². The molecular formula is C18H26N4O3. The van der Waals surface area contributed by atoms with Crippen molar-refractivity contribution in [3.8, 4) is 0 Å². The Morgan fingerprint density at radius 2 is 1.92 bits per heavy atom. The fourth-order valence-electron chi connectivity index (χ4n) is 3.38. The molecule has 2 aliphatic heterocycles. The average Bonchev–Trinajstić information content (AvgIpc) is 3.17. The summed E-state index contributed by atoms with van der Waals surface area (Å²) in [4.78, 5) is 32.0. The van der Waals surface area contributed by atoms with Crippen LogP contribution >= 0.6 is 0 Å². The second-order valence-corrected chi connectivity index (χ2v) is 6.53. The Hall–Kier alpha value is -2.31. The minimum atomic E-state index is -0.233. The maximum absolute atomic E-state index is 12.4. The molecule has 0 aliphatic carbocycles. The van der Waals surface area contributed by atoms with E-state index in [2.05, 4.69) is 10.3 Å². The van der Waals surface area contributed by atoms with Gasteiger partial charge in [0.1, 0.15) is 5.69 Å². The summed E-state index contributed by atoms with van der Waals surface area (Å²) in [5.41, 5.74) is 1.41. The van der Waals surface area contributed by atoms with Crippen LogP contribution in [0.3, 0.4) is 0 Å². The van der Waals surface area contributed by atoms with Gasteiger partial charge in [-0.2, -0.15) is 0 Å². The van der Waals surface area contributed by atoms with Crippen LogP contribution in [0.25, 0.3) is 0 Å². The smallest absolute Gasteiger partial charge is 0.409 e. The lowest BCUT2D eigenvalue weighted by Gasteiger charge is -2.32. The third kappa shape index (κ3) is 4.41.